The van der Waals surface area contributed by atoms with Gasteiger partial charge >= 0.3 is 0 Å². The van der Waals surface area contributed by atoms with E-state index in [4.69, 9.17) is 5.73 Å². The number of aromatic nitrogens is 2. The van der Waals surface area contributed by atoms with E-state index in [0.717, 1.165) is 0 Å². The lowest BCUT2D eigenvalue weighted by Crippen LogP contribution is -2.34. The number of amides is 1. The fourth-order valence-corrected chi connectivity index (χ4v) is 1.59. The van der Waals surface area contributed by atoms with Gasteiger partial charge in [0.05, 0.1) is 17.0 Å². The van der Waals surface area contributed by atoms with Crippen LogP contribution in [0, 0.1) is 10.1 Å². The van der Waals surface area contributed by atoms with Crippen molar-refractivity contribution in [2.45, 2.75) is 6.10 Å². The summed E-state index contributed by atoms with van der Waals surface area (Å²) in [5.41, 5.74) is 5.32. The van der Waals surface area contributed by atoms with Crippen LogP contribution in [-0.2, 0) is 4.79 Å². The molecule has 1 aromatic heterocycles. The molecule has 2 aromatic rings. The van der Waals surface area contributed by atoms with Gasteiger partial charge in [0.15, 0.2) is 0 Å². The summed E-state index contributed by atoms with van der Waals surface area (Å²) in [4.78, 5) is 28.9. The number of anilines is 1. The SMILES string of the molecule is NC(=O)C(O)CNc1ncnc2ccc([N+](=O)[O-])cc12. The number of primary amides is 1. The Labute approximate surface area is 112 Å². The summed E-state index contributed by atoms with van der Waals surface area (Å²) in [5.74, 6) is -0.596. The second-order valence-corrected chi connectivity index (χ2v) is 3.98. The number of aliphatic hydroxyl groups is 1. The predicted octanol–water partition coefficient (Wildman–Crippen LogP) is -0.204. The highest BCUT2D eigenvalue weighted by atomic mass is 16.6. The van der Waals surface area contributed by atoms with Crippen molar-refractivity contribution in [1.82, 2.24) is 9.97 Å². The van der Waals surface area contributed by atoms with Crippen molar-refractivity contribution in [1.29, 1.82) is 0 Å². The maximum Gasteiger partial charge on any atom is 0.270 e. The van der Waals surface area contributed by atoms with Crippen LogP contribution in [0.1, 0.15) is 0 Å². The second kappa shape index (κ2) is 5.45. The zero-order chi connectivity index (χ0) is 14.7. The van der Waals surface area contributed by atoms with Crippen molar-refractivity contribution in [3.8, 4) is 0 Å². The van der Waals surface area contributed by atoms with Crippen molar-refractivity contribution in [2.75, 3.05) is 11.9 Å². The number of nitrogens with one attached hydrogen (secondary N) is 1. The molecule has 104 valence electrons. The first-order valence-corrected chi connectivity index (χ1v) is 5.59. The van der Waals surface area contributed by atoms with E-state index in [1.54, 1.807) is 0 Å². The van der Waals surface area contributed by atoms with E-state index in [9.17, 15) is 20.0 Å². The molecule has 2 rings (SSSR count). The fourth-order valence-electron chi connectivity index (χ4n) is 1.59. The molecule has 0 saturated carbocycles. The average molecular weight is 277 g/mol. The number of nitrogens with two attached hydrogens (primary N) is 1. The fraction of sp³-hybridized carbons (Fsp3) is 0.182. The molecule has 1 atom stereocenters. The van der Waals surface area contributed by atoms with Gasteiger partial charge in [0.25, 0.3) is 5.69 Å². The van der Waals surface area contributed by atoms with Crippen LogP contribution < -0.4 is 11.1 Å². The number of non-ortho nitro benzene ring substituents is 1. The minimum absolute atomic E-state index is 0.106. The summed E-state index contributed by atoms with van der Waals surface area (Å²) in [5, 5.41) is 23.2. The smallest absolute Gasteiger partial charge is 0.270 e. The number of carbonyl (C=O) groups excluding carboxylic acids is 1. The Morgan fingerprint density at radius 3 is 2.90 bits per heavy atom. The van der Waals surface area contributed by atoms with Gasteiger partial charge in [0, 0.05) is 17.5 Å². The summed E-state index contributed by atoms with van der Waals surface area (Å²) in [6.45, 7) is -0.149. The lowest BCUT2D eigenvalue weighted by molar-refractivity contribution is -0.384. The zero-order valence-electron chi connectivity index (χ0n) is 10.2. The molecule has 1 unspecified atom stereocenters. The molecule has 1 amide bonds. The molecule has 0 aliphatic heterocycles. The molecule has 9 heteroatoms. The monoisotopic (exact) mass is 277 g/mol. The van der Waals surface area contributed by atoms with Crippen molar-refractivity contribution < 1.29 is 14.8 Å². The van der Waals surface area contributed by atoms with Crippen LogP contribution >= 0.6 is 0 Å². The Hall–Kier alpha value is -2.81. The number of benzene rings is 1. The Bertz CT molecular complexity index is 675. The highest BCUT2D eigenvalue weighted by Gasteiger charge is 2.13. The number of nitro groups is 1. The zero-order valence-corrected chi connectivity index (χ0v) is 10.2. The van der Waals surface area contributed by atoms with Crippen LogP contribution in [0.2, 0.25) is 0 Å². The van der Waals surface area contributed by atoms with Gasteiger partial charge in [0.1, 0.15) is 18.2 Å². The normalized spacial score (nSPS) is 12.1. The molecule has 0 radical (unpaired) electrons. The largest absolute Gasteiger partial charge is 0.381 e. The van der Waals surface area contributed by atoms with Gasteiger partial charge in [-0.05, 0) is 6.07 Å². The topological polar surface area (TPSA) is 144 Å². The quantitative estimate of drug-likeness (QED) is 0.506. The Morgan fingerprint density at radius 1 is 1.50 bits per heavy atom. The second-order valence-electron chi connectivity index (χ2n) is 3.98. The first-order valence-electron chi connectivity index (χ1n) is 5.59. The maximum atomic E-state index is 10.8. The van der Waals surface area contributed by atoms with E-state index in [1.165, 1.54) is 24.5 Å². The molecular weight excluding hydrogens is 266 g/mol. The van der Waals surface area contributed by atoms with E-state index in [2.05, 4.69) is 15.3 Å². The van der Waals surface area contributed by atoms with Gasteiger partial charge in [0.2, 0.25) is 5.91 Å². The highest BCUT2D eigenvalue weighted by Crippen LogP contribution is 2.24. The Balaban J connectivity index is 2.34. The van der Waals surface area contributed by atoms with E-state index < -0.39 is 16.9 Å². The molecular formula is C11H11N5O4. The molecule has 0 saturated heterocycles. The number of rotatable bonds is 5. The molecule has 0 spiro atoms. The third-order valence-electron chi connectivity index (χ3n) is 2.62. The third-order valence-corrected chi connectivity index (χ3v) is 2.62. The maximum absolute atomic E-state index is 10.8. The van der Waals surface area contributed by atoms with Crippen molar-refractivity contribution in [3.05, 3.63) is 34.6 Å². The van der Waals surface area contributed by atoms with Gasteiger partial charge in [-0.1, -0.05) is 0 Å². The van der Waals surface area contributed by atoms with Crippen LogP contribution in [0.15, 0.2) is 24.5 Å². The van der Waals surface area contributed by atoms with Gasteiger partial charge in [-0.3, -0.25) is 14.9 Å². The van der Waals surface area contributed by atoms with Crippen LogP contribution in [0.3, 0.4) is 0 Å². The van der Waals surface area contributed by atoms with E-state index >= 15 is 0 Å². The Kier molecular flexibility index (Phi) is 3.71. The predicted molar refractivity (Wildman–Crippen MR) is 69.9 cm³/mol. The summed E-state index contributed by atoms with van der Waals surface area (Å²) in [6.07, 6.45) is -0.105. The molecule has 0 aliphatic carbocycles. The number of hydrogen-bond donors (Lipinski definition) is 3. The van der Waals surface area contributed by atoms with Gasteiger partial charge in [-0.25, -0.2) is 9.97 Å². The lowest BCUT2D eigenvalue weighted by atomic mass is 10.2. The molecule has 0 aliphatic rings. The molecule has 9 nitrogen and oxygen atoms in total. The third kappa shape index (κ3) is 2.78. The summed E-state index contributed by atoms with van der Waals surface area (Å²) < 4.78 is 0. The van der Waals surface area contributed by atoms with Gasteiger partial charge in [-0.15, -0.1) is 0 Å². The van der Waals surface area contributed by atoms with Crippen molar-refractivity contribution in [3.63, 3.8) is 0 Å². The molecule has 1 aromatic carbocycles. The lowest BCUT2D eigenvalue weighted by Gasteiger charge is -2.10. The van der Waals surface area contributed by atoms with Crippen LogP contribution in [0.4, 0.5) is 11.5 Å². The number of nitrogens with zero attached hydrogens (tertiary/aromatic N) is 3. The summed E-state index contributed by atoms with van der Waals surface area (Å²) in [7, 11) is 0. The minimum Gasteiger partial charge on any atom is -0.381 e. The van der Waals surface area contributed by atoms with E-state index in [-0.39, 0.29) is 18.1 Å². The summed E-state index contributed by atoms with van der Waals surface area (Å²) >= 11 is 0. The molecule has 0 fully saturated rings. The van der Waals surface area contributed by atoms with Crippen LogP contribution in [-0.4, -0.2) is 38.6 Å². The Morgan fingerprint density at radius 2 is 2.25 bits per heavy atom. The van der Waals surface area contributed by atoms with Gasteiger partial charge < -0.3 is 16.2 Å². The number of aliphatic hydroxyl groups excluding tert-OH is 1. The highest BCUT2D eigenvalue weighted by molar-refractivity contribution is 5.90. The minimum atomic E-state index is -1.38. The number of nitro benzene ring substituents is 1. The summed E-state index contributed by atoms with van der Waals surface area (Å²) in [6, 6.07) is 4.14. The van der Waals surface area contributed by atoms with Crippen molar-refractivity contribution >= 4 is 28.3 Å². The van der Waals surface area contributed by atoms with Crippen LogP contribution in [0.5, 0.6) is 0 Å². The molecule has 4 N–H and O–H groups in total. The standard InChI is InChI=1S/C11H11N5O4/c12-10(18)9(17)4-13-11-7-3-6(16(19)20)1-2-8(7)14-5-15-11/h1-3,5,9,17H,4H2,(H2,12,18)(H,13,14,15). The molecule has 1 heterocycles. The molecule has 20 heavy (non-hydrogen) atoms. The number of carbonyl (C=O) groups is 1. The van der Waals surface area contributed by atoms with Crippen molar-refractivity contribution in [2.24, 2.45) is 5.73 Å². The van der Waals surface area contributed by atoms with Crippen LogP contribution in [0.25, 0.3) is 10.9 Å². The van der Waals surface area contributed by atoms with Gasteiger partial charge in [-0.2, -0.15) is 0 Å². The number of fused-ring (bicyclic) bond motifs is 1. The van der Waals surface area contributed by atoms with E-state index in [0.29, 0.717) is 10.9 Å². The first-order chi connectivity index (χ1) is 9.49. The average Bonchev–Trinajstić information content (AvgIpc) is 2.43. The molecule has 0 bridgehead atoms. The first kappa shape index (κ1) is 13.6. The van der Waals surface area contributed by atoms with E-state index in [1.807, 2.05) is 0 Å². The number of hydrogen-bond acceptors (Lipinski definition) is 7.